The van der Waals surface area contributed by atoms with Crippen LogP contribution in [0.3, 0.4) is 0 Å². The number of hydrogen-bond acceptors (Lipinski definition) is 2. The second-order valence-corrected chi connectivity index (χ2v) is 5.17. The third-order valence-electron chi connectivity index (χ3n) is 3.85. The lowest BCUT2D eigenvalue weighted by molar-refractivity contribution is 0.0997. The summed E-state index contributed by atoms with van der Waals surface area (Å²) in [6.45, 7) is 0. The maximum absolute atomic E-state index is 11.7. The van der Waals surface area contributed by atoms with Gasteiger partial charge in [0.05, 0.1) is 5.52 Å². The van der Waals surface area contributed by atoms with Crippen LogP contribution >= 0.6 is 0 Å². The van der Waals surface area contributed by atoms with E-state index in [4.69, 9.17) is 5.73 Å². The zero-order valence-corrected chi connectivity index (χ0v) is 11.7. The number of nitrogens with zero attached hydrogens (tertiary/aromatic N) is 1. The molecule has 0 atom stereocenters. The number of aromatic nitrogens is 2. The first-order chi connectivity index (χ1) is 10.8. The fourth-order valence-electron chi connectivity index (χ4n) is 2.88. The minimum Gasteiger partial charge on any atom is -0.364 e. The molecule has 4 heteroatoms. The van der Waals surface area contributed by atoms with E-state index in [9.17, 15) is 4.79 Å². The SMILES string of the molecule is NC(=O)c1ncc(-c2ccccc2)c2c1[nH]c1ccccc12. The molecular formula is C18H13N3O. The zero-order chi connectivity index (χ0) is 15.1. The average molecular weight is 287 g/mol. The minimum atomic E-state index is -0.531. The van der Waals surface area contributed by atoms with Crippen LogP contribution in [0.5, 0.6) is 0 Å². The molecule has 4 nitrogen and oxygen atoms in total. The molecule has 0 aliphatic heterocycles. The number of primary amides is 1. The molecule has 0 aliphatic rings. The van der Waals surface area contributed by atoms with Gasteiger partial charge in [0, 0.05) is 28.0 Å². The van der Waals surface area contributed by atoms with Crippen LogP contribution in [0.2, 0.25) is 0 Å². The van der Waals surface area contributed by atoms with E-state index in [1.807, 2.05) is 54.6 Å². The first-order valence-corrected chi connectivity index (χ1v) is 7.00. The maximum Gasteiger partial charge on any atom is 0.269 e. The van der Waals surface area contributed by atoms with E-state index < -0.39 is 5.91 Å². The summed E-state index contributed by atoms with van der Waals surface area (Å²) in [6.07, 6.45) is 1.72. The number of rotatable bonds is 2. The fraction of sp³-hybridized carbons (Fsp3) is 0. The van der Waals surface area contributed by atoms with Crippen LogP contribution in [0, 0.1) is 0 Å². The van der Waals surface area contributed by atoms with Crippen molar-refractivity contribution in [3.05, 3.63) is 66.5 Å². The van der Waals surface area contributed by atoms with Gasteiger partial charge in [-0.2, -0.15) is 0 Å². The predicted molar refractivity (Wildman–Crippen MR) is 87.6 cm³/mol. The summed E-state index contributed by atoms with van der Waals surface area (Å²) < 4.78 is 0. The minimum absolute atomic E-state index is 0.269. The van der Waals surface area contributed by atoms with Crippen LogP contribution in [0.25, 0.3) is 32.9 Å². The first-order valence-electron chi connectivity index (χ1n) is 7.00. The Morgan fingerprint density at radius 2 is 1.73 bits per heavy atom. The van der Waals surface area contributed by atoms with Crippen LogP contribution < -0.4 is 5.73 Å². The largest absolute Gasteiger partial charge is 0.364 e. The molecule has 2 heterocycles. The Balaban J connectivity index is 2.19. The van der Waals surface area contributed by atoms with Crippen molar-refractivity contribution >= 4 is 27.7 Å². The molecule has 106 valence electrons. The standard InChI is InChI=1S/C18H13N3O/c19-18(22)17-16-15(12-8-4-5-9-14(12)21-16)13(10-20-17)11-6-2-1-3-7-11/h1-10,21H,(H2,19,22). The molecule has 4 rings (SSSR count). The number of para-hydroxylation sites is 1. The number of H-pyrrole nitrogens is 1. The van der Waals surface area contributed by atoms with Gasteiger partial charge < -0.3 is 10.7 Å². The summed E-state index contributed by atoms with van der Waals surface area (Å²) >= 11 is 0. The number of aromatic amines is 1. The Hall–Kier alpha value is -3.14. The lowest BCUT2D eigenvalue weighted by atomic mass is 10.0. The molecule has 0 radical (unpaired) electrons. The van der Waals surface area contributed by atoms with E-state index in [1.165, 1.54) is 0 Å². The summed E-state index contributed by atoms with van der Waals surface area (Å²) in [4.78, 5) is 19.2. The normalized spacial score (nSPS) is 11.1. The molecule has 0 saturated carbocycles. The summed E-state index contributed by atoms with van der Waals surface area (Å²) in [5.41, 5.74) is 9.43. The third-order valence-corrected chi connectivity index (χ3v) is 3.85. The molecule has 0 spiro atoms. The van der Waals surface area contributed by atoms with Crippen molar-refractivity contribution in [2.75, 3.05) is 0 Å². The van der Waals surface area contributed by atoms with Gasteiger partial charge in [0.25, 0.3) is 5.91 Å². The van der Waals surface area contributed by atoms with Crippen LogP contribution in [0.4, 0.5) is 0 Å². The van der Waals surface area contributed by atoms with Crippen molar-refractivity contribution in [1.82, 2.24) is 9.97 Å². The number of carbonyl (C=O) groups is 1. The molecule has 0 bridgehead atoms. The van der Waals surface area contributed by atoms with Gasteiger partial charge in [0.15, 0.2) is 5.69 Å². The lowest BCUT2D eigenvalue weighted by Crippen LogP contribution is -2.13. The molecule has 0 saturated heterocycles. The van der Waals surface area contributed by atoms with Gasteiger partial charge in [0.2, 0.25) is 0 Å². The van der Waals surface area contributed by atoms with Gasteiger partial charge in [-0.25, -0.2) is 4.98 Å². The molecular weight excluding hydrogens is 274 g/mol. The van der Waals surface area contributed by atoms with Gasteiger partial charge in [-0.15, -0.1) is 0 Å². The monoisotopic (exact) mass is 287 g/mol. The van der Waals surface area contributed by atoms with Crippen LogP contribution in [0.15, 0.2) is 60.8 Å². The molecule has 2 aromatic carbocycles. The average Bonchev–Trinajstić information content (AvgIpc) is 2.94. The van der Waals surface area contributed by atoms with E-state index in [0.717, 1.165) is 27.4 Å². The molecule has 0 unspecified atom stereocenters. The second kappa shape index (κ2) is 4.70. The van der Waals surface area contributed by atoms with E-state index in [1.54, 1.807) is 6.20 Å². The smallest absolute Gasteiger partial charge is 0.269 e. The fourth-order valence-corrected chi connectivity index (χ4v) is 2.88. The summed E-state index contributed by atoms with van der Waals surface area (Å²) in [6, 6.07) is 18.0. The van der Waals surface area contributed by atoms with Crippen molar-refractivity contribution in [1.29, 1.82) is 0 Å². The number of pyridine rings is 1. The van der Waals surface area contributed by atoms with Gasteiger partial charge in [0.1, 0.15) is 0 Å². The molecule has 1 amide bonds. The highest BCUT2D eigenvalue weighted by atomic mass is 16.1. The van der Waals surface area contributed by atoms with Crippen LogP contribution in [-0.2, 0) is 0 Å². The van der Waals surface area contributed by atoms with Crippen molar-refractivity contribution in [2.45, 2.75) is 0 Å². The predicted octanol–water partition coefficient (Wildman–Crippen LogP) is 3.48. The Labute approximate surface area is 126 Å². The van der Waals surface area contributed by atoms with Gasteiger partial charge in [-0.05, 0) is 11.6 Å². The Kier molecular flexibility index (Phi) is 2.69. The Bertz CT molecular complexity index is 1000. The molecule has 3 N–H and O–H groups in total. The number of nitrogens with one attached hydrogen (secondary N) is 1. The molecule has 0 fully saturated rings. The highest BCUT2D eigenvalue weighted by Crippen LogP contribution is 2.35. The van der Waals surface area contributed by atoms with E-state index in [2.05, 4.69) is 9.97 Å². The van der Waals surface area contributed by atoms with E-state index >= 15 is 0 Å². The summed E-state index contributed by atoms with van der Waals surface area (Å²) in [5.74, 6) is -0.531. The molecule has 2 aromatic heterocycles. The lowest BCUT2D eigenvalue weighted by Gasteiger charge is -2.06. The van der Waals surface area contributed by atoms with Gasteiger partial charge in [-0.3, -0.25) is 4.79 Å². The number of hydrogen-bond donors (Lipinski definition) is 2. The molecule has 22 heavy (non-hydrogen) atoms. The highest BCUT2D eigenvalue weighted by Gasteiger charge is 2.17. The third kappa shape index (κ3) is 1.78. The Morgan fingerprint density at radius 1 is 1.00 bits per heavy atom. The van der Waals surface area contributed by atoms with Crippen molar-refractivity contribution < 1.29 is 4.79 Å². The summed E-state index contributed by atoms with van der Waals surface area (Å²) in [5, 5.41) is 2.03. The first kappa shape index (κ1) is 12.6. The molecule has 4 aromatic rings. The quantitative estimate of drug-likeness (QED) is 0.592. The van der Waals surface area contributed by atoms with Crippen molar-refractivity contribution in [2.24, 2.45) is 5.73 Å². The molecule has 0 aliphatic carbocycles. The van der Waals surface area contributed by atoms with Gasteiger partial charge >= 0.3 is 0 Å². The Morgan fingerprint density at radius 3 is 2.50 bits per heavy atom. The van der Waals surface area contributed by atoms with Crippen LogP contribution in [0.1, 0.15) is 10.5 Å². The van der Waals surface area contributed by atoms with Crippen LogP contribution in [-0.4, -0.2) is 15.9 Å². The van der Waals surface area contributed by atoms with E-state index in [0.29, 0.717) is 5.52 Å². The summed E-state index contributed by atoms with van der Waals surface area (Å²) in [7, 11) is 0. The highest BCUT2D eigenvalue weighted by molar-refractivity contribution is 6.18. The van der Waals surface area contributed by atoms with Gasteiger partial charge in [-0.1, -0.05) is 48.5 Å². The second-order valence-electron chi connectivity index (χ2n) is 5.17. The maximum atomic E-state index is 11.7. The number of amides is 1. The number of benzene rings is 2. The van der Waals surface area contributed by atoms with Crippen molar-refractivity contribution in [3.8, 4) is 11.1 Å². The van der Waals surface area contributed by atoms with E-state index in [-0.39, 0.29) is 5.69 Å². The van der Waals surface area contributed by atoms with Crippen molar-refractivity contribution in [3.63, 3.8) is 0 Å². The topological polar surface area (TPSA) is 71.8 Å². The zero-order valence-electron chi connectivity index (χ0n) is 11.7. The number of nitrogens with two attached hydrogens (primary N) is 1. The number of carbonyl (C=O) groups excluding carboxylic acids is 1. The number of fused-ring (bicyclic) bond motifs is 3.